The third kappa shape index (κ3) is 2.62. The molecule has 0 atom stereocenters. The number of benzene rings is 1. The first kappa shape index (κ1) is 12.4. The van der Waals surface area contributed by atoms with Crippen LogP contribution in [0.2, 0.25) is 0 Å². The van der Waals surface area contributed by atoms with Crippen molar-refractivity contribution in [1.82, 2.24) is 4.98 Å². The van der Waals surface area contributed by atoms with Crippen LogP contribution in [0.25, 0.3) is 0 Å². The molecule has 0 aliphatic rings. The Morgan fingerprint density at radius 2 is 2.33 bits per heavy atom. The number of hydrogen-bond donors (Lipinski definition) is 1. The molecule has 18 heavy (non-hydrogen) atoms. The number of thiazole rings is 1. The molecule has 1 heterocycles. The Bertz CT molecular complexity index is 572. The average molecular weight is 267 g/mol. The molecule has 1 N–H and O–H groups in total. The lowest BCUT2D eigenvalue weighted by Gasteiger charge is -2.07. The topological polar surface area (TPSA) is 68.1 Å². The van der Waals surface area contributed by atoms with Gasteiger partial charge in [0.05, 0.1) is 17.5 Å². The van der Waals surface area contributed by atoms with Crippen LogP contribution in [0.3, 0.4) is 0 Å². The molecule has 0 aliphatic heterocycles. The zero-order chi connectivity index (χ0) is 13.1. The van der Waals surface area contributed by atoms with Gasteiger partial charge in [-0.1, -0.05) is 0 Å². The van der Waals surface area contributed by atoms with Crippen molar-refractivity contribution in [3.05, 3.63) is 50.2 Å². The quantitative estimate of drug-likeness (QED) is 0.682. The third-order valence-electron chi connectivity index (χ3n) is 2.39. The van der Waals surface area contributed by atoms with E-state index in [0.717, 1.165) is 11.1 Å². The van der Waals surface area contributed by atoms with Crippen LogP contribution in [0.4, 0.5) is 15.8 Å². The summed E-state index contributed by atoms with van der Waals surface area (Å²) >= 11 is 1.45. The van der Waals surface area contributed by atoms with E-state index in [2.05, 4.69) is 10.3 Å². The van der Waals surface area contributed by atoms with Gasteiger partial charge in [-0.2, -0.15) is 0 Å². The van der Waals surface area contributed by atoms with Crippen molar-refractivity contribution in [1.29, 1.82) is 0 Å². The van der Waals surface area contributed by atoms with Gasteiger partial charge in [0.2, 0.25) is 0 Å². The number of aryl methyl sites for hydroxylation is 1. The van der Waals surface area contributed by atoms with Crippen LogP contribution in [-0.4, -0.2) is 9.91 Å². The lowest BCUT2D eigenvalue weighted by molar-refractivity contribution is -0.384. The van der Waals surface area contributed by atoms with Crippen LogP contribution in [0.15, 0.2) is 23.7 Å². The van der Waals surface area contributed by atoms with E-state index in [0.29, 0.717) is 17.8 Å². The van der Waals surface area contributed by atoms with Crippen LogP contribution in [0.5, 0.6) is 0 Å². The number of aromatic nitrogens is 1. The number of nitro benzene ring substituents is 1. The van der Waals surface area contributed by atoms with Crippen LogP contribution in [0.1, 0.15) is 10.6 Å². The van der Waals surface area contributed by atoms with E-state index < -0.39 is 10.7 Å². The molecule has 0 radical (unpaired) electrons. The number of halogens is 1. The van der Waals surface area contributed by atoms with Crippen LogP contribution in [-0.2, 0) is 6.54 Å². The fraction of sp³-hybridized carbons (Fsp3) is 0.182. The Hall–Kier alpha value is -2.02. The standard InChI is InChI=1S/C11H10FN3O2S/c1-7-4-9(10(15(16)17)5-8(7)12)14-6-11-13-2-3-18-11/h2-5,14H,6H2,1H3. The maximum atomic E-state index is 13.3. The summed E-state index contributed by atoms with van der Waals surface area (Å²) in [5.41, 5.74) is 0.394. The second-order valence-corrected chi connectivity index (χ2v) is 4.63. The molecule has 0 amide bonds. The van der Waals surface area contributed by atoms with Gasteiger partial charge < -0.3 is 5.32 Å². The van der Waals surface area contributed by atoms with E-state index in [4.69, 9.17) is 0 Å². The van der Waals surface area contributed by atoms with E-state index in [1.807, 2.05) is 5.38 Å². The van der Waals surface area contributed by atoms with Crippen LogP contribution >= 0.6 is 11.3 Å². The summed E-state index contributed by atoms with van der Waals surface area (Å²) in [5.74, 6) is -0.582. The molecule has 5 nitrogen and oxygen atoms in total. The molecule has 0 bridgehead atoms. The monoisotopic (exact) mass is 267 g/mol. The Labute approximate surface area is 106 Å². The lowest BCUT2D eigenvalue weighted by atomic mass is 10.2. The number of rotatable bonds is 4. The van der Waals surface area contributed by atoms with Crippen molar-refractivity contribution >= 4 is 22.7 Å². The van der Waals surface area contributed by atoms with E-state index in [9.17, 15) is 14.5 Å². The molecular weight excluding hydrogens is 257 g/mol. The van der Waals surface area contributed by atoms with Gasteiger partial charge in [-0.05, 0) is 18.6 Å². The fourth-order valence-corrected chi connectivity index (χ4v) is 2.03. The van der Waals surface area contributed by atoms with Gasteiger partial charge in [0.25, 0.3) is 5.69 Å². The summed E-state index contributed by atoms with van der Waals surface area (Å²) in [6.45, 7) is 1.94. The van der Waals surface area contributed by atoms with Gasteiger partial charge in [0, 0.05) is 11.6 Å². The molecule has 0 saturated carbocycles. The first-order chi connectivity index (χ1) is 8.58. The number of nitrogens with one attached hydrogen (secondary N) is 1. The third-order valence-corrected chi connectivity index (χ3v) is 3.17. The molecule has 0 saturated heterocycles. The number of anilines is 1. The molecule has 1 aromatic carbocycles. The highest BCUT2D eigenvalue weighted by atomic mass is 32.1. The molecule has 0 spiro atoms. The van der Waals surface area contributed by atoms with E-state index in [1.54, 1.807) is 13.1 Å². The lowest BCUT2D eigenvalue weighted by Crippen LogP contribution is -2.03. The summed E-state index contributed by atoms with van der Waals surface area (Å²) in [5, 5.41) is 16.4. The van der Waals surface area contributed by atoms with Crippen molar-refractivity contribution in [3.63, 3.8) is 0 Å². The summed E-state index contributed by atoms with van der Waals surface area (Å²) in [6, 6.07) is 2.36. The van der Waals surface area contributed by atoms with E-state index >= 15 is 0 Å². The maximum Gasteiger partial charge on any atom is 0.295 e. The first-order valence-electron chi connectivity index (χ1n) is 5.14. The molecule has 7 heteroatoms. The Morgan fingerprint density at radius 3 is 2.94 bits per heavy atom. The minimum absolute atomic E-state index is 0.269. The molecule has 1 aromatic heterocycles. The molecule has 0 fully saturated rings. The maximum absolute atomic E-state index is 13.3. The Balaban J connectivity index is 2.25. The predicted octanol–water partition coefficient (Wildman–Crippen LogP) is 3.11. The van der Waals surface area contributed by atoms with Crippen molar-refractivity contribution in [2.24, 2.45) is 0 Å². The van der Waals surface area contributed by atoms with Gasteiger partial charge >= 0.3 is 0 Å². The van der Waals surface area contributed by atoms with Gasteiger partial charge in [0.1, 0.15) is 16.5 Å². The van der Waals surface area contributed by atoms with Crippen LogP contribution in [0, 0.1) is 22.9 Å². The van der Waals surface area contributed by atoms with Gasteiger partial charge in [0.15, 0.2) is 0 Å². The highest BCUT2D eigenvalue weighted by Gasteiger charge is 2.16. The van der Waals surface area contributed by atoms with Gasteiger partial charge in [-0.25, -0.2) is 9.37 Å². The zero-order valence-corrected chi connectivity index (χ0v) is 10.3. The molecular formula is C11H10FN3O2S. The van der Waals surface area contributed by atoms with Gasteiger partial charge in [-0.3, -0.25) is 10.1 Å². The van der Waals surface area contributed by atoms with E-state index in [-0.39, 0.29) is 5.69 Å². The van der Waals surface area contributed by atoms with Crippen molar-refractivity contribution in [2.45, 2.75) is 13.5 Å². The summed E-state index contributed by atoms with van der Waals surface area (Å²) in [6.07, 6.45) is 1.66. The minimum Gasteiger partial charge on any atom is -0.373 e. The Morgan fingerprint density at radius 1 is 1.56 bits per heavy atom. The van der Waals surface area contributed by atoms with E-state index in [1.165, 1.54) is 17.4 Å². The average Bonchev–Trinajstić information content (AvgIpc) is 2.83. The highest BCUT2D eigenvalue weighted by molar-refractivity contribution is 7.09. The van der Waals surface area contributed by atoms with Crippen molar-refractivity contribution in [2.75, 3.05) is 5.32 Å². The normalized spacial score (nSPS) is 10.3. The SMILES string of the molecule is Cc1cc(NCc2nccs2)c([N+](=O)[O-])cc1F. The molecule has 2 aromatic rings. The molecule has 94 valence electrons. The van der Waals surface area contributed by atoms with Crippen molar-refractivity contribution in [3.8, 4) is 0 Å². The summed E-state index contributed by atoms with van der Waals surface area (Å²) in [7, 11) is 0. The fourth-order valence-electron chi connectivity index (χ4n) is 1.47. The predicted molar refractivity (Wildman–Crippen MR) is 67.2 cm³/mol. The number of nitrogens with zero attached hydrogens (tertiary/aromatic N) is 2. The molecule has 0 aliphatic carbocycles. The number of nitro groups is 1. The first-order valence-corrected chi connectivity index (χ1v) is 6.02. The Kier molecular flexibility index (Phi) is 3.52. The largest absolute Gasteiger partial charge is 0.373 e. The second-order valence-electron chi connectivity index (χ2n) is 3.66. The number of hydrogen-bond acceptors (Lipinski definition) is 5. The smallest absolute Gasteiger partial charge is 0.295 e. The molecule has 0 unspecified atom stereocenters. The van der Waals surface area contributed by atoms with Crippen molar-refractivity contribution < 1.29 is 9.31 Å². The van der Waals surface area contributed by atoms with Crippen LogP contribution < -0.4 is 5.32 Å². The second kappa shape index (κ2) is 5.09. The highest BCUT2D eigenvalue weighted by Crippen LogP contribution is 2.28. The van der Waals surface area contributed by atoms with Gasteiger partial charge in [-0.15, -0.1) is 11.3 Å². The minimum atomic E-state index is -0.604. The summed E-state index contributed by atoms with van der Waals surface area (Å²) < 4.78 is 13.3. The molecule has 2 rings (SSSR count). The zero-order valence-electron chi connectivity index (χ0n) is 9.51. The summed E-state index contributed by atoms with van der Waals surface area (Å²) in [4.78, 5) is 14.3.